The molecule has 0 spiro atoms. The zero-order valence-corrected chi connectivity index (χ0v) is 10.9. The number of methoxy groups -OCH3 is 1. The molecule has 0 radical (unpaired) electrons. The van der Waals surface area contributed by atoms with Crippen LogP contribution >= 0.6 is 0 Å². The van der Waals surface area contributed by atoms with Crippen molar-refractivity contribution in [2.45, 2.75) is 32.6 Å². The maximum atomic E-state index is 9.87. The first-order valence-corrected chi connectivity index (χ1v) is 4.50. The molecule has 0 aromatic heterocycles. The van der Waals surface area contributed by atoms with Gasteiger partial charge in [0.1, 0.15) is 0 Å². The molecule has 86 valence electrons. The number of hydrogen-bond donors (Lipinski definition) is 1. The Morgan fingerprint density at radius 2 is 2.00 bits per heavy atom. The summed E-state index contributed by atoms with van der Waals surface area (Å²) in [5, 5.41) is 8.14. The van der Waals surface area contributed by atoms with E-state index in [0.717, 1.165) is 25.3 Å². The molecule has 0 aliphatic heterocycles. The molecule has 5 heteroatoms. The fraction of sp³-hybridized carbons (Fsp3) is 0.600. The Kier molecular flexibility index (Phi) is 21.1. The molecular weight excluding hydrogens is 208 g/mol. The van der Waals surface area contributed by atoms with Gasteiger partial charge in [-0.05, 0) is 6.42 Å². The van der Waals surface area contributed by atoms with Crippen molar-refractivity contribution in [3.8, 4) is 0 Å². The monoisotopic (exact) mass is 228 g/mol. The van der Waals surface area contributed by atoms with E-state index in [9.17, 15) is 9.59 Å². The van der Waals surface area contributed by atoms with Crippen molar-refractivity contribution in [2.75, 3.05) is 7.11 Å². The van der Waals surface area contributed by atoms with E-state index in [2.05, 4.69) is 18.2 Å². The van der Waals surface area contributed by atoms with Gasteiger partial charge in [0, 0.05) is 12.5 Å². The summed E-state index contributed by atoms with van der Waals surface area (Å²) in [5.74, 6) is -1.08. The number of hydrogen-bond acceptors (Lipinski definition) is 3. The van der Waals surface area contributed by atoms with Crippen molar-refractivity contribution in [1.29, 1.82) is 0 Å². The molecule has 0 bridgehead atoms. The molecule has 0 rings (SSSR count). The average molecular weight is 229 g/mol. The Morgan fingerprint density at radius 3 is 2.20 bits per heavy atom. The molecule has 0 aliphatic carbocycles. The van der Waals surface area contributed by atoms with E-state index < -0.39 is 11.9 Å². The van der Waals surface area contributed by atoms with Crippen LogP contribution in [0, 0.1) is 0 Å². The SMILES string of the molecule is C=CC(=O)OC.CCCCCC(=O)O.[H-].[H-].[Mg+2]. The minimum absolute atomic E-state index is 0. The van der Waals surface area contributed by atoms with Crippen LogP contribution in [0.5, 0.6) is 0 Å². The summed E-state index contributed by atoms with van der Waals surface area (Å²) in [6.07, 6.45) is 4.39. The van der Waals surface area contributed by atoms with Crippen molar-refractivity contribution < 1.29 is 22.3 Å². The van der Waals surface area contributed by atoms with Gasteiger partial charge in [0.25, 0.3) is 0 Å². The third-order valence-corrected chi connectivity index (χ3v) is 1.36. The Balaban J connectivity index is -0.0000000493. The molecule has 4 nitrogen and oxygen atoms in total. The number of carboxylic acid groups (broad SMARTS) is 1. The first kappa shape index (κ1) is 19.9. The number of ether oxygens (including phenoxy) is 1. The molecule has 0 aliphatic rings. The normalized spacial score (nSPS) is 7.60. The van der Waals surface area contributed by atoms with Gasteiger partial charge in [-0.25, -0.2) is 4.79 Å². The Hall–Kier alpha value is -0.554. The van der Waals surface area contributed by atoms with Crippen LogP contribution in [0.25, 0.3) is 0 Å². The van der Waals surface area contributed by atoms with E-state index in [1.54, 1.807) is 0 Å². The van der Waals surface area contributed by atoms with Gasteiger partial charge in [-0.3, -0.25) is 4.79 Å². The minimum Gasteiger partial charge on any atom is -1.00 e. The fourth-order valence-electron chi connectivity index (χ4n) is 0.610. The summed E-state index contributed by atoms with van der Waals surface area (Å²) in [5.41, 5.74) is 0. The minimum atomic E-state index is -0.682. The molecule has 0 atom stereocenters. The van der Waals surface area contributed by atoms with Gasteiger partial charge < -0.3 is 12.7 Å². The number of unbranched alkanes of at least 4 members (excludes halogenated alkanes) is 2. The second-order valence-corrected chi connectivity index (χ2v) is 2.58. The van der Waals surface area contributed by atoms with Gasteiger partial charge in [0.15, 0.2) is 0 Å². The zero-order chi connectivity index (χ0) is 11.4. The smallest absolute Gasteiger partial charge is 1.00 e. The molecule has 0 aromatic rings. The van der Waals surface area contributed by atoms with Gasteiger partial charge in [-0.2, -0.15) is 0 Å². The van der Waals surface area contributed by atoms with E-state index in [4.69, 9.17) is 5.11 Å². The first-order valence-electron chi connectivity index (χ1n) is 4.50. The Morgan fingerprint density at radius 1 is 1.47 bits per heavy atom. The second kappa shape index (κ2) is 15.9. The first-order chi connectivity index (χ1) is 6.58. The van der Waals surface area contributed by atoms with E-state index >= 15 is 0 Å². The van der Waals surface area contributed by atoms with Crippen molar-refractivity contribution in [1.82, 2.24) is 0 Å². The van der Waals surface area contributed by atoms with Gasteiger partial charge in [-0.15, -0.1) is 0 Å². The number of carbonyl (C=O) groups excluding carboxylic acids is 1. The predicted octanol–water partition coefficient (Wildman–Crippen LogP) is 1.84. The van der Waals surface area contributed by atoms with Crippen molar-refractivity contribution >= 4 is 35.0 Å². The third kappa shape index (κ3) is 24.7. The molecule has 0 saturated heterocycles. The van der Waals surface area contributed by atoms with Crippen LogP contribution in [0.15, 0.2) is 12.7 Å². The van der Waals surface area contributed by atoms with E-state index in [1.165, 1.54) is 7.11 Å². The van der Waals surface area contributed by atoms with Crippen molar-refractivity contribution in [3.05, 3.63) is 12.7 Å². The quantitative estimate of drug-likeness (QED) is 0.338. The molecular formula is C10H20MgO4. The van der Waals surface area contributed by atoms with Gasteiger partial charge >= 0.3 is 35.0 Å². The topological polar surface area (TPSA) is 63.6 Å². The van der Waals surface area contributed by atoms with E-state index in [0.29, 0.717) is 6.42 Å². The maximum absolute atomic E-state index is 9.87. The summed E-state index contributed by atoms with van der Waals surface area (Å²) >= 11 is 0. The van der Waals surface area contributed by atoms with Crippen LogP contribution in [-0.4, -0.2) is 47.2 Å². The summed E-state index contributed by atoms with van der Waals surface area (Å²) in [6.45, 7) is 5.21. The molecule has 0 unspecified atom stereocenters. The Bertz CT molecular complexity index is 189. The molecule has 0 saturated carbocycles. The van der Waals surface area contributed by atoms with Crippen LogP contribution < -0.4 is 0 Å². The molecule has 0 fully saturated rings. The molecule has 0 aromatic carbocycles. The van der Waals surface area contributed by atoms with Crippen LogP contribution in [0.4, 0.5) is 0 Å². The third-order valence-electron chi connectivity index (χ3n) is 1.36. The number of carboxylic acids is 1. The predicted molar refractivity (Wildman–Crippen MR) is 62.0 cm³/mol. The number of rotatable bonds is 5. The Labute approximate surface area is 110 Å². The van der Waals surface area contributed by atoms with Crippen LogP contribution in [0.1, 0.15) is 35.5 Å². The van der Waals surface area contributed by atoms with Crippen molar-refractivity contribution in [2.24, 2.45) is 0 Å². The second-order valence-electron chi connectivity index (χ2n) is 2.58. The van der Waals surface area contributed by atoms with E-state index in [-0.39, 0.29) is 25.9 Å². The van der Waals surface area contributed by atoms with Gasteiger partial charge in [0.2, 0.25) is 0 Å². The summed E-state index contributed by atoms with van der Waals surface area (Å²) < 4.78 is 4.14. The fourth-order valence-corrected chi connectivity index (χ4v) is 0.610. The maximum Gasteiger partial charge on any atom is 2.00 e. The number of carbonyl (C=O) groups is 2. The largest absolute Gasteiger partial charge is 2.00 e. The average Bonchev–Trinajstić information content (AvgIpc) is 2.17. The molecule has 15 heavy (non-hydrogen) atoms. The number of aliphatic carboxylic acids is 1. The molecule has 1 N–H and O–H groups in total. The van der Waals surface area contributed by atoms with E-state index in [1.807, 2.05) is 0 Å². The summed E-state index contributed by atoms with van der Waals surface area (Å²) in [7, 11) is 1.31. The standard InChI is InChI=1S/C6H12O2.C4H6O2.Mg.2H/c1-2-3-4-5-6(7)8;1-3-4(5)6-2;;;/h2-5H2,1H3,(H,7,8);3H,1H2,2H3;;;/q;;+2;2*-1. The van der Waals surface area contributed by atoms with Crippen LogP contribution in [-0.2, 0) is 14.3 Å². The number of esters is 1. The molecule has 0 heterocycles. The van der Waals surface area contributed by atoms with Crippen LogP contribution in [0.2, 0.25) is 0 Å². The van der Waals surface area contributed by atoms with Crippen LogP contribution in [0.3, 0.4) is 0 Å². The summed E-state index contributed by atoms with van der Waals surface area (Å²) in [4.78, 5) is 19.7. The summed E-state index contributed by atoms with van der Waals surface area (Å²) in [6, 6.07) is 0. The van der Waals surface area contributed by atoms with Crippen molar-refractivity contribution in [3.63, 3.8) is 0 Å². The zero-order valence-electron chi connectivity index (χ0n) is 11.5. The van der Waals surface area contributed by atoms with Gasteiger partial charge in [-0.1, -0.05) is 26.3 Å². The molecule has 0 amide bonds. The van der Waals surface area contributed by atoms with Gasteiger partial charge in [0.05, 0.1) is 7.11 Å².